The number of hydrogen-bond acceptors (Lipinski definition) is 6. The van der Waals surface area contributed by atoms with Crippen LogP contribution in [0.2, 0.25) is 0 Å². The van der Waals surface area contributed by atoms with Gasteiger partial charge in [0.15, 0.2) is 4.80 Å². The number of nitro benzene ring substituents is 1. The summed E-state index contributed by atoms with van der Waals surface area (Å²) < 4.78 is 6.81. The molecule has 3 aromatic rings. The molecule has 0 N–H and O–H groups in total. The standard InChI is InChI=1S/C20H19N3O5S/c1-3-13-4-6-14(7-5-13)10-18(24)21-20-22(12-19(25)28-2)16-9-8-15(23(26)27)11-17(16)29-20/h4-9,11H,3,10,12H2,1-2H3. The predicted molar refractivity (Wildman–Crippen MR) is 109 cm³/mol. The number of aromatic nitrogens is 1. The number of carbonyl (C=O) groups is 2. The Hall–Kier alpha value is -3.33. The van der Waals surface area contributed by atoms with Crippen molar-refractivity contribution >= 4 is 39.1 Å². The lowest BCUT2D eigenvalue weighted by Crippen LogP contribution is -2.22. The minimum atomic E-state index is -0.507. The lowest BCUT2D eigenvalue weighted by Gasteiger charge is -2.03. The molecule has 1 aromatic heterocycles. The minimum absolute atomic E-state index is 0.0714. The number of benzene rings is 2. The highest BCUT2D eigenvalue weighted by atomic mass is 32.1. The number of hydrogen-bond donors (Lipinski definition) is 0. The molecule has 0 atom stereocenters. The third-order valence-corrected chi connectivity index (χ3v) is 5.44. The molecule has 1 amide bonds. The van der Waals surface area contributed by atoms with Gasteiger partial charge < -0.3 is 9.30 Å². The van der Waals surface area contributed by atoms with Crippen LogP contribution in [0.5, 0.6) is 0 Å². The van der Waals surface area contributed by atoms with Gasteiger partial charge in [-0.05, 0) is 23.6 Å². The number of nitro groups is 1. The number of methoxy groups -OCH3 is 1. The van der Waals surface area contributed by atoms with Crippen LogP contribution >= 0.6 is 11.3 Å². The number of fused-ring (bicyclic) bond motifs is 1. The molecule has 0 aliphatic carbocycles. The first-order chi connectivity index (χ1) is 13.9. The molecule has 1 heterocycles. The minimum Gasteiger partial charge on any atom is -0.468 e. The van der Waals surface area contributed by atoms with Crippen molar-refractivity contribution in [3.8, 4) is 0 Å². The molecule has 150 valence electrons. The largest absolute Gasteiger partial charge is 0.468 e. The monoisotopic (exact) mass is 413 g/mol. The van der Waals surface area contributed by atoms with E-state index in [0.717, 1.165) is 23.3 Å². The zero-order valence-electron chi connectivity index (χ0n) is 16.0. The second-order valence-electron chi connectivity index (χ2n) is 6.31. The first-order valence-corrected chi connectivity index (χ1v) is 9.73. The van der Waals surface area contributed by atoms with Gasteiger partial charge >= 0.3 is 5.97 Å². The number of esters is 1. The highest BCUT2D eigenvalue weighted by Gasteiger charge is 2.15. The summed E-state index contributed by atoms with van der Waals surface area (Å²) in [6.45, 7) is 1.91. The second-order valence-corrected chi connectivity index (χ2v) is 7.32. The van der Waals surface area contributed by atoms with E-state index in [1.54, 1.807) is 6.07 Å². The number of rotatable bonds is 6. The van der Waals surface area contributed by atoms with E-state index in [9.17, 15) is 19.7 Å². The molecule has 0 saturated heterocycles. The van der Waals surface area contributed by atoms with E-state index in [0.29, 0.717) is 15.0 Å². The Morgan fingerprint density at radius 3 is 2.48 bits per heavy atom. The van der Waals surface area contributed by atoms with E-state index < -0.39 is 10.9 Å². The van der Waals surface area contributed by atoms with E-state index in [-0.39, 0.29) is 24.6 Å². The molecule has 8 nitrogen and oxygen atoms in total. The van der Waals surface area contributed by atoms with Gasteiger partial charge in [0.2, 0.25) is 0 Å². The van der Waals surface area contributed by atoms with Crippen LogP contribution in [-0.2, 0) is 33.7 Å². The number of carbonyl (C=O) groups excluding carboxylic acids is 2. The molecule has 0 aliphatic rings. The maximum Gasteiger partial charge on any atom is 0.325 e. The number of non-ortho nitro benzene ring substituents is 1. The Balaban J connectivity index is 2.00. The third kappa shape index (κ3) is 4.75. The molecule has 0 saturated carbocycles. The average molecular weight is 413 g/mol. The van der Waals surface area contributed by atoms with Gasteiger partial charge in [-0.1, -0.05) is 42.5 Å². The molecule has 2 aromatic carbocycles. The quantitative estimate of drug-likeness (QED) is 0.351. The first-order valence-electron chi connectivity index (χ1n) is 8.91. The normalized spacial score (nSPS) is 11.6. The smallest absolute Gasteiger partial charge is 0.325 e. The first kappa shape index (κ1) is 20.4. The van der Waals surface area contributed by atoms with Crippen molar-refractivity contribution in [3.63, 3.8) is 0 Å². The Kier molecular flexibility index (Phi) is 6.18. The van der Waals surface area contributed by atoms with Gasteiger partial charge in [-0.15, -0.1) is 0 Å². The van der Waals surface area contributed by atoms with Crippen molar-refractivity contribution in [2.45, 2.75) is 26.3 Å². The average Bonchev–Trinajstić information content (AvgIpc) is 3.04. The molecule has 0 fully saturated rings. The molecule has 3 rings (SSSR count). The summed E-state index contributed by atoms with van der Waals surface area (Å²) in [5.74, 6) is -0.874. The number of aryl methyl sites for hydroxylation is 1. The fraction of sp³-hybridized carbons (Fsp3) is 0.250. The van der Waals surface area contributed by atoms with Crippen LogP contribution in [0.4, 0.5) is 5.69 Å². The molecule has 0 unspecified atom stereocenters. The maximum absolute atomic E-state index is 12.5. The third-order valence-electron chi connectivity index (χ3n) is 4.40. The van der Waals surface area contributed by atoms with Crippen LogP contribution in [0.15, 0.2) is 47.5 Å². The lowest BCUT2D eigenvalue weighted by atomic mass is 10.1. The molecule has 9 heteroatoms. The van der Waals surface area contributed by atoms with Crippen molar-refractivity contribution in [1.82, 2.24) is 4.57 Å². The summed E-state index contributed by atoms with van der Waals surface area (Å²) in [6, 6.07) is 12.0. The van der Waals surface area contributed by atoms with Gasteiger partial charge in [0.25, 0.3) is 11.6 Å². The van der Waals surface area contributed by atoms with Gasteiger partial charge in [0.1, 0.15) is 6.54 Å². The number of amides is 1. The van der Waals surface area contributed by atoms with Crippen LogP contribution in [0.1, 0.15) is 18.1 Å². The zero-order valence-corrected chi connectivity index (χ0v) is 16.8. The summed E-state index contributed by atoms with van der Waals surface area (Å²) in [6.07, 6.45) is 1.04. The highest BCUT2D eigenvalue weighted by Crippen LogP contribution is 2.23. The second kappa shape index (κ2) is 8.78. The van der Waals surface area contributed by atoms with Crippen LogP contribution in [-0.4, -0.2) is 28.5 Å². The van der Waals surface area contributed by atoms with Crippen molar-refractivity contribution in [3.05, 3.63) is 68.5 Å². The predicted octanol–water partition coefficient (Wildman–Crippen LogP) is 3.02. The zero-order chi connectivity index (χ0) is 21.0. The molecule has 0 aliphatic heterocycles. The summed E-state index contributed by atoms with van der Waals surface area (Å²) in [7, 11) is 1.27. The van der Waals surface area contributed by atoms with Crippen molar-refractivity contribution in [2.75, 3.05) is 7.11 Å². The van der Waals surface area contributed by atoms with E-state index in [1.165, 1.54) is 29.4 Å². The summed E-state index contributed by atoms with van der Waals surface area (Å²) in [4.78, 5) is 39.3. The maximum atomic E-state index is 12.5. The van der Waals surface area contributed by atoms with E-state index >= 15 is 0 Å². The van der Waals surface area contributed by atoms with Crippen LogP contribution in [0, 0.1) is 10.1 Å². The summed E-state index contributed by atoms with van der Waals surface area (Å²) in [5.41, 5.74) is 2.52. The SMILES string of the molecule is CCc1ccc(CC(=O)N=c2sc3cc([N+](=O)[O-])ccc3n2CC(=O)OC)cc1. The number of nitrogens with zero attached hydrogens (tertiary/aromatic N) is 3. The van der Waals surface area contributed by atoms with E-state index in [2.05, 4.69) is 11.9 Å². The van der Waals surface area contributed by atoms with Crippen molar-refractivity contribution in [1.29, 1.82) is 0 Å². The van der Waals surface area contributed by atoms with E-state index in [4.69, 9.17) is 4.74 Å². The van der Waals surface area contributed by atoms with Crippen molar-refractivity contribution < 1.29 is 19.2 Å². The molecule has 29 heavy (non-hydrogen) atoms. The van der Waals surface area contributed by atoms with Gasteiger partial charge in [0, 0.05) is 12.1 Å². The fourth-order valence-electron chi connectivity index (χ4n) is 2.82. The summed E-state index contributed by atoms with van der Waals surface area (Å²) in [5, 5.41) is 11.0. The summed E-state index contributed by atoms with van der Waals surface area (Å²) >= 11 is 1.12. The number of thiazole rings is 1. The molecule has 0 spiro atoms. The van der Waals surface area contributed by atoms with Crippen LogP contribution in [0.25, 0.3) is 10.2 Å². The Labute approximate surface area is 170 Å². The fourth-order valence-corrected chi connectivity index (χ4v) is 3.90. The van der Waals surface area contributed by atoms with Crippen molar-refractivity contribution in [2.24, 2.45) is 4.99 Å². The Morgan fingerprint density at radius 1 is 1.17 bits per heavy atom. The molecular weight excluding hydrogens is 394 g/mol. The Bertz CT molecular complexity index is 1150. The van der Waals surface area contributed by atoms with Gasteiger partial charge in [-0.3, -0.25) is 19.7 Å². The highest BCUT2D eigenvalue weighted by molar-refractivity contribution is 7.16. The topological polar surface area (TPSA) is 104 Å². The molecule has 0 radical (unpaired) electrons. The van der Waals surface area contributed by atoms with Gasteiger partial charge in [-0.25, -0.2) is 0 Å². The number of ether oxygens (including phenoxy) is 1. The molecule has 0 bridgehead atoms. The lowest BCUT2D eigenvalue weighted by molar-refractivity contribution is -0.384. The van der Waals surface area contributed by atoms with Crippen LogP contribution in [0.3, 0.4) is 0 Å². The Morgan fingerprint density at radius 2 is 1.86 bits per heavy atom. The van der Waals surface area contributed by atoms with Gasteiger partial charge in [-0.2, -0.15) is 4.99 Å². The van der Waals surface area contributed by atoms with Gasteiger partial charge in [0.05, 0.1) is 28.7 Å². The molecular formula is C20H19N3O5S. The van der Waals surface area contributed by atoms with Crippen LogP contribution < -0.4 is 4.80 Å². The van der Waals surface area contributed by atoms with E-state index in [1.807, 2.05) is 24.3 Å².